The van der Waals surface area contributed by atoms with Crippen LogP contribution in [0.3, 0.4) is 0 Å². The lowest BCUT2D eigenvalue weighted by Gasteiger charge is -2.35. The molecule has 1 saturated heterocycles. The Kier molecular flexibility index (Phi) is 4.17. The van der Waals surface area contributed by atoms with Crippen LogP contribution in [-0.2, 0) is 0 Å². The molecule has 2 heterocycles. The number of rotatable bonds is 4. The van der Waals surface area contributed by atoms with Gasteiger partial charge in [0, 0.05) is 37.9 Å². The van der Waals surface area contributed by atoms with Crippen molar-refractivity contribution < 1.29 is 4.79 Å². The lowest BCUT2D eigenvalue weighted by Crippen LogP contribution is -2.47. The molecule has 2 N–H and O–H groups in total. The van der Waals surface area contributed by atoms with Gasteiger partial charge in [-0.25, -0.2) is 4.98 Å². The maximum Gasteiger partial charge on any atom is 0.255 e. The van der Waals surface area contributed by atoms with Crippen molar-refractivity contribution in [2.75, 3.05) is 24.5 Å². The van der Waals surface area contributed by atoms with Gasteiger partial charge in [0.1, 0.15) is 5.82 Å². The first kappa shape index (κ1) is 15.1. The maximum absolute atomic E-state index is 12.5. The number of nitrogens with one attached hydrogen (secondary N) is 2. The molecule has 4 rings (SSSR count). The van der Waals surface area contributed by atoms with Gasteiger partial charge in [-0.05, 0) is 30.5 Å². The average Bonchev–Trinajstić information content (AvgIpc) is 3.46. The molecule has 1 aliphatic heterocycles. The SMILES string of the molecule is O=C(NC1CC1)c1cccnc1N1CCN[C@@H](c2ccccc2)C1. The van der Waals surface area contributed by atoms with Crippen molar-refractivity contribution in [1.82, 2.24) is 15.6 Å². The minimum absolute atomic E-state index is 0.00427. The van der Waals surface area contributed by atoms with Gasteiger partial charge in [0.2, 0.25) is 0 Å². The van der Waals surface area contributed by atoms with Crippen molar-refractivity contribution in [3.05, 3.63) is 59.8 Å². The van der Waals surface area contributed by atoms with Gasteiger partial charge in [-0.1, -0.05) is 30.3 Å². The van der Waals surface area contributed by atoms with Crippen LogP contribution in [0.15, 0.2) is 48.7 Å². The Balaban J connectivity index is 1.55. The Morgan fingerprint density at radius 2 is 2.00 bits per heavy atom. The Hall–Kier alpha value is -2.40. The molecule has 5 nitrogen and oxygen atoms in total. The van der Waals surface area contributed by atoms with Gasteiger partial charge in [-0.3, -0.25) is 4.79 Å². The molecule has 24 heavy (non-hydrogen) atoms. The normalized spacial score (nSPS) is 20.7. The summed E-state index contributed by atoms with van der Waals surface area (Å²) in [7, 11) is 0. The van der Waals surface area contributed by atoms with E-state index in [1.165, 1.54) is 5.56 Å². The van der Waals surface area contributed by atoms with Crippen molar-refractivity contribution in [2.24, 2.45) is 0 Å². The third-order valence-corrected chi connectivity index (χ3v) is 4.62. The molecular formula is C19H22N4O. The molecule has 2 aliphatic rings. The van der Waals surface area contributed by atoms with E-state index in [4.69, 9.17) is 0 Å². The summed E-state index contributed by atoms with van der Waals surface area (Å²) in [6.07, 6.45) is 3.94. The number of pyridine rings is 1. The number of anilines is 1. The number of benzene rings is 1. The van der Waals surface area contributed by atoms with Crippen LogP contribution in [0, 0.1) is 0 Å². The molecule has 1 atom stereocenters. The minimum Gasteiger partial charge on any atom is -0.353 e. The summed E-state index contributed by atoms with van der Waals surface area (Å²) in [5, 5.41) is 6.63. The Morgan fingerprint density at radius 3 is 2.79 bits per heavy atom. The van der Waals surface area contributed by atoms with Crippen LogP contribution in [0.25, 0.3) is 0 Å². The molecule has 1 aromatic heterocycles. The van der Waals surface area contributed by atoms with Crippen molar-refractivity contribution in [3.8, 4) is 0 Å². The number of amides is 1. The quantitative estimate of drug-likeness (QED) is 0.905. The number of carbonyl (C=O) groups excluding carboxylic acids is 1. The summed E-state index contributed by atoms with van der Waals surface area (Å²) in [5.74, 6) is 0.786. The first-order valence-electron chi connectivity index (χ1n) is 8.60. The predicted octanol–water partition coefficient (Wildman–Crippen LogP) is 2.12. The highest BCUT2D eigenvalue weighted by molar-refractivity contribution is 5.99. The molecule has 2 aromatic rings. The van der Waals surface area contributed by atoms with Crippen LogP contribution in [0.4, 0.5) is 5.82 Å². The van der Waals surface area contributed by atoms with Crippen LogP contribution in [-0.4, -0.2) is 36.6 Å². The second kappa shape index (κ2) is 6.61. The van der Waals surface area contributed by atoms with Crippen LogP contribution < -0.4 is 15.5 Å². The fourth-order valence-corrected chi connectivity index (χ4v) is 3.17. The van der Waals surface area contributed by atoms with Gasteiger partial charge in [0.25, 0.3) is 5.91 Å². The third-order valence-electron chi connectivity index (χ3n) is 4.62. The number of nitrogens with zero attached hydrogens (tertiary/aromatic N) is 2. The highest BCUT2D eigenvalue weighted by atomic mass is 16.1. The van der Waals surface area contributed by atoms with E-state index in [1.54, 1.807) is 6.20 Å². The third kappa shape index (κ3) is 3.26. The number of carbonyl (C=O) groups is 1. The molecule has 1 aliphatic carbocycles. The van der Waals surface area contributed by atoms with Crippen LogP contribution in [0.1, 0.15) is 34.8 Å². The summed E-state index contributed by atoms with van der Waals surface area (Å²) in [5.41, 5.74) is 1.94. The second-order valence-corrected chi connectivity index (χ2v) is 6.49. The van der Waals surface area contributed by atoms with Crippen molar-refractivity contribution in [3.63, 3.8) is 0 Å². The van der Waals surface area contributed by atoms with E-state index in [0.29, 0.717) is 11.6 Å². The zero-order valence-electron chi connectivity index (χ0n) is 13.6. The van der Waals surface area contributed by atoms with Crippen molar-refractivity contribution in [1.29, 1.82) is 0 Å². The van der Waals surface area contributed by atoms with E-state index in [2.05, 4.69) is 44.8 Å². The van der Waals surface area contributed by atoms with E-state index in [1.807, 2.05) is 18.2 Å². The molecular weight excluding hydrogens is 300 g/mol. The van der Waals surface area contributed by atoms with Gasteiger partial charge in [-0.2, -0.15) is 0 Å². The van der Waals surface area contributed by atoms with E-state index < -0.39 is 0 Å². The second-order valence-electron chi connectivity index (χ2n) is 6.49. The van der Waals surface area contributed by atoms with E-state index >= 15 is 0 Å². The topological polar surface area (TPSA) is 57.3 Å². The summed E-state index contributed by atoms with van der Waals surface area (Å²) in [6, 6.07) is 14.7. The number of hydrogen-bond acceptors (Lipinski definition) is 4. The Bertz CT molecular complexity index is 714. The van der Waals surface area contributed by atoms with Gasteiger partial charge in [-0.15, -0.1) is 0 Å². The molecule has 0 bridgehead atoms. The molecule has 0 spiro atoms. The van der Waals surface area contributed by atoms with Crippen LogP contribution in [0.2, 0.25) is 0 Å². The van der Waals surface area contributed by atoms with Gasteiger partial charge < -0.3 is 15.5 Å². The fourth-order valence-electron chi connectivity index (χ4n) is 3.17. The standard InChI is InChI=1S/C19H22N4O/c24-19(22-15-8-9-15)16-7-4-10-21-18(16)23-12-11-20-17(13-23)14-5-2-1-3-6-14/h1-7,10,15,17,20H,8-9,11-13H2,(H,22,24)/t17-/m1/s1. The summed E-state index contributed by atoms with van der Waals surface area (Å²) in [6.45, 7) is 2.54. The zero-order valence-corrected chi connectivity index (χ0v) is 13.6. The molecule has 0 radical (unpaired) electrons. The van der Waals surface area contributed by atoms with E-state index in [0.717, 1.165) is 38.3 Å². The summed E-state index contributed by atoms with van der Waals surface area (Å²) < 4.78 is 0. The minimum atomic E-state index is -0.00427. The van der Waals surface area contributed by atoms with Gasteiger partial charge >= 0.3 is 0 Å². The molecule has 1 amide bonds. The summed E-state index contributed by atoms with van der Waals surface area (Å²) >= 11 is 0. The Morgan fingerprint density at radius 1 is 1.17 bits per heavy atom. The lowest BCUT2D eigenvalue weighted by atomic mass is 10.0. The zero-order chi connectivity index (χ0) is 16.4. The molecule has 1 aromatic carbocycles. The van der Waals surface area contributed by atoms with Crippen LogP contribution >= 0.6 is 0 Å². The van der Waals surface area contributed by atoms with Crippen LogP contribution in [0.5, 0.6) is 0 Å². The van der Waals surface area contributed by atoms with Gasteiger partial charge in [0.15, 0.2) is 0 Å². The molecule has 1 saturated carbocycles. The first-order chi connectivity index (χ1) is 11.8. The van der Waals surface area contributed by atoms with Gasteiger partial charge in [0.05, 0.1) is 5.56 Å². The highest BCUT2D eigenvalue weighted by Gasteiger charge is 2.28. The molecule has 2 fully saturated rings. The lowest BCUT2D eigenvalue weighted by molar-refractivity contribution is 0.0951. The number of hydrogen-bond donors (Lipinski definition) is 2. The largest absolute Gasteiger partial charge is 0.353 e. The van der Waals surface area contributed by atoms with E-state index in [-0.39, 0.29) is 11.9 Å². The molecule has 124 valence electrons. The maximum atomic E-state index is 12.5. The first-order valence-corrected chi connectivity index (χ1v) is 8.60. The molecule has 0 unspecified atom stereocenters. The summed E-state index contributed by atoms with van der Waals surface area (Å²) in [4.78, 5) is 19.3. The monoisotopic (exact) mass is 322 g/mol. The fraction of sp³-hybridized carbons (Fsp3) is 0.368. The number of piperazine rings is 1. The Labute approximate surface area is 142 Å². The predicted molar refractivity (Wildman–Crippen MR) is 94.1 cm³/mol. The average molecular weight is 322 g/mol. The highest BCUT2D eigenvalue weighted by Crippen LogP contribution is 2.25. The van der Waals surface area contributed by atoms with Crippen molar-refractivity contribution >= 4 is 11.7 Å². The molecule has 5 heteroatoms. The smallest absolute Gasteiger partial charge is 0.255 e. The number of aromatic nitrogens is 1. The van der Waals surface area contributed by atoms with E-state index in [9.17, 15) is 4.79 Å². The van der Waals surface area contributed by atoms with Crippen molar-refractivity contribution in [2.45, 2.75) is 24.9 Å².